The van der Waals surface area contributed by atoms with Gasteiger partial charge in [-0.1, -0.05) is 0 Å². The summed E-state index contributed by atoms with van der Waals surface area (Å²) in [4.78, 5) is 13.3. The summed E-state index contributed by atoms with van der Waals surface area (Å²) in [6.45, 7) is 1.41. The van der Waals surface area contributed by atoms with Crippen molar-refractivity contribution in [2.75, 3.05) is 13.1 Å². The predicted molar refractivity (Wildman–Crippen MR) is 78.8 cm³/mol. The molecule has 4 bridgehead atoms. The number of carboxylic acid groups (broad SMARTS) is 1. The van der Waals surface area contributed by atoms with Crippen molar-refractivity contribution in [1.82, 2.24) is 4.90 Å². The van der Waals surface area contributed by atoms with Gasteiger partial charge in [0.2, 0.25) is 0 Å². The maximum absolute atomic E-state index is 11.3. The first-order chi connectivity index (χ1) is 10.0. The second kappa shape index (κ2) is 4.95. The topological polar surface area (TPSA) is 60.8 Å². The Bertz CT molecular complexity index is 400. The summed E-state index contributed by atoms with van der Waals surface area (Å²) in [5.74, 6) is 2.10. The van der Waals surface area contributed by atoms with Gasteiger partial charge < -0.3 is 10.2 Å². The number of rotatable bonds is 4. The van der Waals surface area contributed by atoms with E-state index in [1.54, 1.807) is 0 Å². The smallest absolute Gasteiger partial charge is 0.321 e. The zero-order chi connectivity index (χ0) is 14.6. The lowest BCUT2D eigenvalue weighted by Crippen LogP contribution is -2.48. The van der Waals surface area contributed by atoms with Gasteiger partial charge in [-0.25, -0.2) is 0 Å². The molecule has 0 aromatic heterocycles. The van der Waals surface area contributed by atoms with Gasteiger partial charge in [0.1, 0.15) is 6.04 Å². The van der Waals surface area contributed by atoms with Gasteiger partial charge in [-0.2, -0.15) is 0 Å². The second-order valence-electron chi connectivity index (χ2n) is 8.41. The molecule has 118 valence electrons. The maximum Gasteiger partial charge on any atom is 0.321 e. The van der Waals surface area contributed by atoms with Crippen LogP contribution in [0.5, 0.6) is 0 Å². The number of aliphatic hydroxyl groups excluding tert-OH is 1. The zero-order valence-electron chi connectivity index (χ0n) is 12.7. The highest BCUT2D eigenvalue weighted by Gasteiger charge is 2.51. The Balaban J connectivity index is 1.41. The lowest BCUT2D eigenvalue weighted by molar-refractivity contribution is -0.142. The van der Waals surface area contributed by atoms with Crippen molar-refractivity contribution in [3.63, 3.8) is 0 Å². The average molecular weight is 293 g/mol. The third kappa shape index (κ3) is 2.50. The minimum atomic E-state index is -0.767. The van der Waals surface area contributed by atoms with Gasteiger partial charge in [0.05, 0.1) is 6.10 Å². The first-order valence-corrected chi connectivity index (χ1v) is 8.68. The minimum absolute atomic E-state index is 0.399. The van der Waals surface area contributed by atoms with E-state index in [9.17, 15) is 15.0 Å². The fourth-order valence-electron chi connectivity index (χ4n) is 6.36. The van der Waals surface area contributed by atoms with Crippen molar-refractivity contribution in [3.8, 4) is 0 Å². The molecule has 4 aliphatic carbocycles. The third-order valence-corrected chi connectivity index (χ3v) is 6.76. The van der Waals surface area contributed by atoms with Crippen molar-refractivity contribution >= 4 is 5.97 Å². The quantitative estimate of drug-likeness (QED) is 0.833. The molecule has 2 unspecified atom stereocenters. The molecule has 21 heavy (non-hydrogen) atoms. The second-order valence-corrected chi connectivity index (χ2v) is 8.41. The summed E-state index contributed by atoms with van der Waals surface area (Å²) in [5.41, 5.74) is 0.505. The number of hydrogen-bond acceptors (Lipinski definition) is 3. The molecule has 5 rings (SSSR count). The fourth-order valence-corrected chi connectivity index (χ4v) is 6.36. The number of carboxylic acids is 1. The van der Waals surface area contributed by atoms with Gasteiger partial charge in [-0.15, -0.1) is 0 Å². The van der Waals surface area contributed by atoms with Crippen LogP contribution in [0, 0.1) is 23.2 Å². The standard InChI is InChI=1S/C17H27NO3/c19-14-6-15(16(20)21)18(10-14)2-1-17-7-11-3-12(8-17)5-13(4-11)9-17/h11-15,19H,1-10H2,(H,20,21). The van der Waals surface area contributed by atoms with Crippen LogP contribution in [0.1, 0.15) is 51.4 Å². The summed E-state index contributed by atoms with van der Waals surface area (Å²) in [7, 11) is 0. The Labute approximate surface area is 126 Å². The molecular formula is C17H27NO3. The first-order valence-electron chi connectivity index (χ1n) is 8.68. The average Bonchev–Trinajstić information content (AvgIpc) is 2.76. The van der Waals surface area contributed by atoms with Gasteiger partial charge >= 0.3 is 5.97 Å². The fraction of sp³-hybridized carbons (Fsp3) is 0.941. The molecule has 1 heterocycles. The summed E-state index contributed by atoms with van der Waals surface area (Å²) in [5, 5.41) is 19.1. The van der Waals surface area contributed by atoms with Crippen LogP contribution in [0.15, 0.2) is 0 Å². The molecule has 5 aliphatic rings. The number of aliphatic carboxylic acids is 1. The molecule has 0 spiro atoms. The molecule has 0 aromatic carbocycles. The van der Waals surface area contributed by atoms with E-state index in [1.165, 1.54) is 38.5 Å². The molecule has 0 radical (unpaired) electrons. The number of aliphatic hydroxyl groups is 1. The van der Waals surface area contributed by atoms with Crippen LogP contribution in [0.25, 0.3) is 0 Å². The van der Waals surface area contributed by atoms with Crippen LogP contribution in [0.3, 0.4) is 0 Å². The van der Waals surface area contributed by atoms with Crippen LogP contribution in [-0.2, 0) is 4.79 Å². The summed E-state index contributed by atoms with van der Waals surface area (Å²) in [6, 6.07) is -0.464. The number of hydrogen-bond donors (Lipinski definition) is 2. The minimum Gasteiger partial charge on any atom is -0.480 e. The molecular weight excluding hydrogens is 266 g/mol. The molecule has 1 saturated heterocycles. The van der Waals surface area contributed by atoms with E-state index in [1.807, 2.05) is 4.90 Å². The molecule has 4 heteroatoms. The monoisotopic (exact) mass is 293 g/mol. The number of likely N-dealkylation sites (tertiary alicyclic amines) is 1. The van der Waals surface area contributed by atoms with Gasteiger partial charge in [0.25, 0.3) is 0 Å². The van der Waals surface area contributed by atoms with E-state index in [2.05, 4.69) is 0 Å². The zero-order valence-corrected chi connectivity index (χ0v) is 12.7. The number of carbonyl (C=O) groups is 1. The lowest BCUT2D eigenvalue weighted by Gasteiger charge is -2.57. The first kappa shape index (κ1) is 14.0. The van der Waals surface area contributed by atoms with Crippen LogP contribution in [0.4, 0.5) is 0 Å². The van der Waals surface area contributed by atoms with Crippen LogP contribution in [0.2, 0.25) is 0 Å². The van der Waals surface area contributed by atoms with E-state index >= 15 is 0 Å². The number of nitrogens with zero attached hydrogens (tertiary/aromatic N) is 1. The van der Waals surface area contributed by atoms with Crippen LogP contribution >= 0.6 is 0 Å². The van der Waals surface area contributed by atoms with E-state index in [0.29, 0.717) is 18.4 Å². The molecule has 4 saturated carbocycles. The lowest BCUT2D eigenvalue weighted by atomic mass is 9.49. The third-order valence-electron chi connectivity index (χ3n) is 6.76. The Morgan fingerprint density at radius 1 is 1.05 bits per heavy atom. The highest BCUT2D eigenvalue weighted by atomic mass is 16.4. The Hall–Kier alpha value is -0.610. The molecule has 2 atom stereocenters. The van der Waals surface area contributed by atoms with Crippen molar-refractivity contribution in [1.29, 1.82) is 0 Å². The van der Waals surface area contributed by atoms with E-state index in [0.717, 1.165) is 30.7 Å². The highest BCUT2D eigenvalue weighted by molar-refractivity contribution is 5.74. The molecule has 1 aliphatic heterocycles. The number of β-amino-alcohol motifs (C(OH)–C–C–N with tert-alkyl or cyclic N) is 1. The largest absolute Gasteiger partial charge is 0.480 e. The summed E-state index contributed by atoms with van der Waals surface area (Å²) in [6.07, 6.45) is 9.61. The molecule has 4 nitrogen and oxygen atoms in total. The SMILES string of the molecule is O=C(O)C1CC(O)CN1CCC12CC3CC(CC(C3)C1)C2. The maximum atomic E-state index is 11.3. The van der Waals surface area contributed by atoms with Gasteiger partial charge in [0, 0.05) is 13.0 Å². The van der Waals surface area contributed by atoms with Crippen molar-refractivity contribution < 1.29 is 15.0 Å². The summed E-state index contributed by atoms with van der Waals surface area (Å²) >= 11 is 0. The van der Waals surface area contributed by atoms with Crippen molar-refractivity contribution in [3.05, 3.63) is 0 Å². The van der Waals surface area contributed by atoms with Gasteiger partial charge in [-0.3, -0.25) is 9.69 Å². The Morgan fingerprint density at radius 2 is 1.62 bits per heavy atom. The Morgan fingerprint density at radius 3 is 2.14 bits per heavy atom. The van der Waals surface area contributed by atoms with E-state index in [4.69, 9.17) is 0 Å². The van der Waals surface area contributed by atoms with E-state index < -0.39 is 18.1 Å². The molecule has 0 amide bonds. The Kier molecular flexibility index (Phi) is 3.30. The van der Waals surface area contributed by atoms with Crippen molar-refractivity contribution in [2.45, 2.75) is 63.5 Å². The van der Waals surface area contributed by atoms with Crippen LogP contribution in [-0.4, -0.2) is 46.3 Å². The van der Waals surface area contributed by atoms with Gasteiger partial charge in [-0.05, 0) is 74.7 Å². The normalized spacial score (nSPS) is 48.9. The van der Waals surface area contributed by atoms with Crippen molar-refractivity contribution in [2.24, 2.45) is 23.2 Å². The molecule has 2 N–H and O–H groups in total. The van der Waals surface area contributed by atoms with Crippen LogP contribution < -0.4 is 0 Å². The van der Waals surface area contributed by atoms with E-state index in [-0.39, 0.29) is 0 Å². The predicted octanol–water partition coefficient (Wildman–Crippen LogP) is 2.11. The molecule has 5 fully saturated rings. The molecule has 0 aromatic rings. The highest BCUT2D eigenvalue weighted by Crippen LogP contribution is 2.61. The summed E-state index contributed by atoms with van der Waals surface area (Å²) < 4.78 is 0. The van der Waals surface area contributed by atoms with Gasteiger partial charge in [0.15, 0.2) is 0 Å².